The van der Waals surface area contributed by atoms with Gasteiger partial charge in [0.15, 0.2) is 0 Å². The Labute approximate surface area is 124 Å². The highest BCUT2D eigenvalue weighted by atomic mass is 16.5. The zero-order valence-corrected chi connectivity index (χ0v) is 12.2. The molecule has 1 aromatic carbocycles. The summed E-state index contributed by atoms with van der Waals surface area (Å²) in [6.45, 7) is 0. The predicted octanol–water partition coefficient (Wildman–Crippen LogP) is 2.62. The topological polar surface area (TPSA) is 73.3 Å². The Bertz CT molecular complexity index is 624. The maximum absolute atomic E-state index is 10.2. The number of ether oxygens (including phenoxy) is 1. The lowest BCUT2D eigenvalue weighted by atomic mass is 9.93. The Hall–Kier alpha value is -2.01. The van der Waals surface area contributed by atoms with Crippen molar-refractivity contribution < 1.29 is 9.84 Å². The van der Waals surface area contributed by atoms with Gasteiger partial charge in [-0.3, -0.25) is 0 Å². The van der Waals surface area contributed by atoms with E-state index in [-0.39, 0.29) is 12.1 Å². The average molecular weight is 287 g/mol. The molecule has 2 unspecified atom stereocenters. The van der Waals surface area contributed by atoms with Crippen molar-refractivity contribution in [3.8, 4) is 17.0 Å². The molecule has 0 amide bonds. The summed E-state index contributed by atoms with van der Waals surface area (Å²) in [5, 5.41) is 14.8. The van der Waals surface area contributed by atoms with Crippen LogP contribution in [0.5, 0.6) is 5.75 Å². The monoisotopic (exact) mass is 287 g/mol. The average Bonchev–Trinajstić information content (AvgIpc) is 2.89. The number of methoxy groups -OCH3 is 1. The Morgan fingerprint density at radius 2 is 2.05 bits per heavy atom. The Morgan fingerprint density at radius 1 is 1.29 bits per heavy atom. The largest absolute Gasteiger partial charge is 0.496 e. The molecule has 1 aliphatic carbocycles. The number of hydrogen-bond acceptors (Lipinski definition) is 4. The third kappa shape index (κ3) is 2.61. The molecule has 1 heterocycles. The molecule has 3 N–H and O–H groups in total. The van der Waals surface area contributed by atoms with Gasteiger partial charge in [-0.05, 0) is 25.0 Å². The fourth-order valence-corrected chi connectivity index (χ4v) is 3.04. The number of nitrogens with two attached hydrogens (primary N) is 1. The summed E-state index contributed by atoms with van der Waals surface area (Å²) in [6.07, 6.45) is 3.53. The molecule has 0 aliphatic heterocycles. The van der Waals surface area contributed by atoms with E-state index >= 15 is 0 Å². The zero-order chi connectivity index (χ0) is 14.8. The molecule has 1 saturated carbocycles. The van der Waals surface area contributed by atoms with Gasteiger partial charge in [0.1, 0.15) is 11.6 Å². The van der Waals surface area contributed by atoms with Crippen LogP contribution in [0.2, 0.25) is 0 Å². The van der Waals surface area contributed by atoms with Crippen molar-refractivity contribution >= 4 is 5.82 Å². The second kappa shape index (κ2) is 5.77. The molecule has 0 spiro atoms. The van der Waals surface area contributed by atoms with Gasteiger partial charge in [0, 0.05) is 11.6 Å². The van der Waals surface area contributed by atoms with Gasteiger partial charge in [-0.25, -0.2) is 4.68 Å². The van der Waals surface area contributed by atoms with Gasteiger partial charge >= 0.3 is 0 Å². The van der Waals surface area contributed by atoms with Gasteiger partial charge < -0.3 is 15.6 Å². The molecule has 0 bridgehead atoms. The SMILES string of the molecule is COc1ccccc1-c1cc(N)n(C2CCCCC2O)n1. The second-order valence-corrected chi connectivity index (χ2v) is 5.52. The highest BCUT2D eigenvalue weighted by molar-refractivity contribution is 5.69. The van der Waals surface area contributed by atoms with Crippen LogP contribution in [0, 0.1) is 0 Å². The van der Waals surface area contributed by atoms with E-state index in [4.69, 9.17) is 10.5 Å². The van der Waals surface area contributed by atoms with Crippen LogP contribution in [0.4, 0.5) is 5.82 Å². The van der Waals surface area contributed by atoms with Crippen molar-refractivity contribution in [2.24, 2.45) is 0 Å². The third-order valence-corrected chi connectivity index (χ3v) is 4.16. The van der Waals surface area contributed by atoms with Crippen molar-refractivity contribution in [3.63, 3.8) is 0 Å². The van der Waals surface area contributed by atoms with Crippen LogP contribution in [-0.4, -0.2) is 28.1 Å². The molecule has 112 valence electrons. The highest BCUT2D eigenvalue weighted by Crippen LogP contribution is 2.34. The van der Waals surface area contributed by atoms with E-state index in [1.165, 1.54) is 0 Å². The number of nitrogen functional groups attached to an aromatic ring is 1. The van der Waals surface area contributed by atoms with Crippen LogP contribution in [0.15, 0.2) is 30.3 Å². The number of aromatic nitrogens is 2. The molecule has 3 rings (SSSR count). The number of hydrogen-bond donors (Lipinski definition) is 2. The van der Waals surface area contributed by atoms with Crippen LogP contribution in [0.3, 0.4) is 0 Å². The van der Waals surface area contributed by atoms with Crippen molar-refractivity contribution in [2.75, 3.05) is 12.8 Å². The predicted molar refractivity (Wildman–Crippen MR) is 82.1 cm³/mol. The first-order chi connectivity index (χ1) is 10.2. The van der Waals surface area contributed by atoms with Gasteiger partial charge in [-0.15, -0.1) is 0 Å². The summed E-state index contributed by atoms with van der Waals surface area (Å²) >= 11 is 0. The molecule has 1 fully saturated rings. The van der Waals surface area contributed by atoms with Crippen molar-refractivity contribution in [1.29, 1.82) is 0 Å². The zero-order valence-electron chi connectivity index (χ0n) is 12.2. The van der Waals surface area contributed by atoms with E-state index in [1.54, 1.807) is 11.8 Å². The number of anilines is 1. The molecular weight excluding hydrogens is 266 g/mol. The van der Waals surface area contributed by atoms with E-state index in [2.05, 4.69) is 5.10 Å². The van der Waals surface area contributed by atoms with Crippen LogP contribution < -0.4 is 10.5 Å². The third-order valence-electron chi connectivity index (χ3n) is 4.16. The number of nitrogens with zero attached hydrogens (tertiary/aromatic N) is 2. The van der Waals surface area contributed by atoms with Crippen molar-refractivity contribution in [3.05, 3.63) is 30.3 Å². The fraction of sp³-hybridized carbons (Fsp3) is 0.438. The van der Waals surface area contributed by atoms with Crippen LogP contribution in [0.25, 0.3) is 11.3 Å². The van der Waals surface area contributed by atoms with Gasteiger partial charge in [-0.2, -0.15) is 5.10 Å². The lowest BCUT2D eigenvalue weighted by molar-refractivity contribution is 0.0707. The molecule has 0 saturated heterocycles. The van der Waals surface area contributed by atoms with Crippen molar-refractivity contribution in [1.82, 2.24) is 9.78 Å². The number of aliphatic hydroxyl groups is 1. The maximum atomic E-state index is 10.2. The molecule has 5 nitrogen and oxygen atoms in total. The molecule has 2 aromatic rings. The molecule has 1 aromatic heterocycles. The van der Waals surface area contributed by atoms with E-state index in [1.807, 2.05) is 30.3 Å². The minimum atomic E-state index is -0.369. The minimum absolute atomic E-state index is 0.0257. The van der Waals surface area contributed by atoms with Gasteiger partial charge in [0.05, 0.1) is 24.9 Å². The Morgan fingerprint density at radius 3 is 2.81 bits per heavy atom. The van der Waals surface area contributed by atoms with E-state index in [9.17, 15) is 5.11 Å². The van der Waals surface area contributed by atoms with E-state index in [0.717, 1.165) is 42.7 Å². The summed E-state index contributed by atoms with van der Waals surface area (Å²) in [4.78, 5) is 0. The lowest BCUT2D eigenvalue weighted by Crippen LogP contribution is -2.29. The molecule has 0 radical (unpaired) electrons. The van der Waals surface area contributed by atoms with Crippen LogP contribution in [0.1, 0.15) is 31.7 Å². The first-order valence-electron chi connectivity index (χ1n) is 7.37. The maximum Gasteiger partial charge on any atom is 0.128 e. The van der Waals surface area contributed by atoms with Crippen LogP contribution in [-0.2, 0) is 0 Å². The minimum Gasteiger partial charge on any atom is -0.496 e. The lowest BCUT2D eigenvalue weighted by Gasteiger charge is -2.28. The molecule has 5 heteroatoms. The normalized spacial score (nSPS) is 22.2. The second-order valence-electron chi connectivity index (χ2n) is 5.52. The molecule has 1 aliphatic rings. The fourth-order valence-electron chi connectivity index (χ4n) is 3.04. The quantitative estimate of drug-likeness (QED) is 0.910. The first-order valence-corrected chi connectivity index (χ1v) is 7.37. The number of para-hydroxylation sites is 1. The summed E-state index contributed by atoms with van der Waals surface area (Å²) in [6, 6.07) is 9.56. The van der Waals surface area contributed by atoms with Gasteiger partial charge in [0.25, 0.3) is 0 Å². The van der Waals surface area contributed by atoms with Crippen LogP contribution >= 0.6 is 0 Å². The van der Waals surface area contributed by atoms with Gasteiger partial charge in [0.2, 0.25) is 0 Å². The van der Waals surface area contributed by atoms with Gasteiger partial charge in [-0.1, -0.05) is 25.0 Å². The number of rotatable bonds is 3. The van der Waals surface area contributed by atoms with Crippen molar-refractivity contribution in [2.45, 2.75) is 37.8 Å². The highest BCUT2D eigenvalue weighted by Gasteiger charge is 2.27. The summed E-state index contributed by atoms with van der Waals surface area (Å²) < 4.78 is 7.15. The summed E-state index contributed by atoms with van der Waals surface area (Å²) in [7, 11) is 1.64. The Balaban J connectivity index is 1.97. The Kier molecular flexibility index (Phi) is 3.84. The molecule has 21 heavy (non-hydrogen) atoms. The standard InChI is InChI=1S/C16H21N3O2/c1-21-15-9-5-2-6-11(15)12-10-16(17)19(18-12)13-7-3-4-8-14(13)20/h2,5-6,9-10,13-14,20H,3-4,7-8,17H2,1H3. The first kappa shape index (κ1) is 13.9. The van der Waals surface area contributed by atoms with E-state index in [0.29, 0.717) is 5.82 Å². The number of aliphatic hydroxyl groups excluding tert-OH is 1. The molecule has 2 atom stereocenters. The number of benzene rings is 1. The van der Waals surface area contributed by atoms with E-state index < -0.39 is 0 Å². The smallest absolute Gasteiger partial charge is 0.128 e. The summed E-state index contributed by atoms with van der Waals surface area (Å²) in [5.74, 6) is 1.35. The summed E-state index contributed by atoms with van der Waals surface area (Å²) in [5.41, 5.74) is 7.80. The molecular formula is C16H21N3O2.